The maximum Gasteiger partial charge on any atom is 0.164 e. The Balaban J connectivity index is 1.36. The molecule has 0 spiro atoms. The topological polar surface area (TPSA) is 51.8 Å². The van der Waals surface area contributed by atoms with Gasteiger partial charge in [-0.2, -0.15) is 0 Å². The van der Waals surface area contributed by atoms with Crippen molar-refractivity contribution < 1.29 is 16.8 Å². The van der Waals surface area contributed by atoms with Gasteiger partial charge < -0.3 is 4.42 Å². The van der Waals surface area contributed by atoms with Crippen LogP contribution >= 0.6 is 0 Å². The Kier molecular flexibility index (Phi) is 3.69. The predicted octanol–water partition coefficient (Wildman–Crippen LogP) is 9.59. The zero-order chi connectivity index (χ0) is 35.0. The summed E-state index contributed by atoms with van der Waals surface area (Å²) in [6, 6.07) is 22.2. The Morgan fingerprint density at radius 2 is 1.02 bits per heavy atom. The van der Waals surface area contributed by atoms with Gasteiger partial charge >= 0.3 is 0 Å². The van der Waals surface area contributed by atoms with Crippen molar-refractivity contribution in [3.8, 4) is 45.3 Å². The lowest BCUT2D eigenvalue weighted by atomic mass is 9.97. The molecule has 0 aliphatic rings. The van der Waals surface area contributed by atoms with Crippen LogP contribution in [0.1, 0.15) is 12.3 Å². The highest BCUT2D eigenvalue weighted by Gasteiger charge is 2.15. The van der Waals surface area contributed by atoms with Crippen molar-refractivity contribution in [1.29, 1.82) is 0 Å². The molecule has 0 saturated carbocycles. The molecule has 0 unspecified atom stereocenters. The lowest BCUT2D eigenvalue weighted by Gasteiger charge is -2.09. The quantitative estimate of drug-likeness (QED) is 0.226. The second-order valence-electron chi connectivity index (χ2n) is 9.38. The molecule has 2 heterocycles. The van der Waals surface area contributed by atoms with E-state index < -0.39 is 36.3 Å². The van der Waals surface area contributed by atoms with Gasteiger partial charge in [0.25, 0.3) is 0 Å². The van der Waals surface area contributed by atoms with Gasteiger partial charge in [-0.3, -0.25) is 0 Å². The van der Waals surface area contributed by atoms with E-state index in [0.717, 1.165) is 11.1 Å². The average Bonchev–Trinajstić information content (AvgIpc) is 3.55. The summed E-state index contributed by atoms with van der Waals surface area (Å²) in [6.07, 6.45) is 0. The number of benzene rings is 6. The zero-order valence-electron chi connectivity index (χ0n) is 30.3. The van der Waals surface area contributed by atoms with E-state index in [0.29, 0.717) is 28.6 Å². The monoisotopic (exact) mass is 534 g/mol. The summed E-state index contributed by atoms with van der Waals surface area (Å²) < 4.78 is 83.5. The van der Waals surface area contributed by atoms with Gasteiger partial charge in [0, 0.05) is 27.5 Å². The Morgan fingerprint density at radius 3 is 1.63 bits per heavy atom. The lowest BCUT2D eigenvalue weighted by Crippen LogP contribution is -2.00. The summed E-state index contributed by atoms with van der Waals surface area (Å²) in [5.74, 6) is 1.38. The Bertz CT molecular complexity index is 2620. The fraction of sp³-hybridized carbons (Fsp3) is 0. The molecular formula is C37H23N3O. The van der Waals surface area contributed by atoms with Crippen molar-refractivity contribution in [3.63, 3.8) is 0 Å². The van der Waals surface area contributed by atoms with Gasteiger partial charge in [-0.05, 0) is 40.0 Å². The summed E-state index contributed by atoms with van der Waals surface area (Å²) in [7, 11) is 0. The minimum absolute atomic E-state index is 0.0288. The summed E-state index contributed by atoms with van der Waals surface area (Å²) in [6.45, 7) is 0. The van der Waals surface area contributed by atoms with E-state index >= 15 is 0 Å². The van der Waals surface area contributed by atoms with E-state index in [9.17, 15) is 0 Å². The molecule has 192 valence electrons. The van der Waals surface area contributed by atoms with Crippen LogP contribution in [0.15, 0.2) is 144 Å². The Morgan fingerprint density at radius 1 is 0.488 bits per heavy atom. The van der Waals surface area contributed by atoms with E-state index in [1.165, 1.54) is 0 Å². The van der Waals surface area contributed by atoms with Crippen LogP contribution in [0.2, 0.25) is 0 Å². The van der Waals surface area contributed by atoms with Gasteiger partial charge in [-0.15, -0.1) is 0 Å². The van der Waals surface area contributed by atoms with Crippen LogP contribution in [-0.2, 0) is 0 Å². The second kappa shape index (κ2) is 9.54. The van der Waals surface area contributed by atoms with Gasteiger partial charge in [-0.25, -0.2) is 15.0 Å². The van der Waals surface area contributed by atoms with Crippen molar-refractivity contribution in [2.24, 2.45) is 0 Å². The molecule has 0 radical (unpaired) electrons. The van der Waals surface area contributed by atoms with E-state index in [4.69, 9.17) is 31.7 Å². The lowest BCUT2D eigenvalue weighted by molar-refractivity contribution is 0.669. The van der Waals surface area contributed by atoms with Crippen molar-refractivity contribution >= 4 is 32.7 Å². The minimum atomic E-state index is -0.543. The number of hydrogen-bond donors (Lipinski definition) is 0. The zero-order valence-corrected chi connectivity index (χ0v) is 21.3. The molecule has 0 fully saturated rings. The van der Waals surface area contributed by atoms with Crippen LogP contribution in [0, 0.1) is 0 Å². The van der Waals surface area contributed by atoms with Gasteiger partial charge in [0.15, 0.2) is 17.5 Å². The first-order chi connectivity index (χ1) is 24.1. The average molecular weight is 535 g/mol. The van der Waals surface area contributed by atoms with Gasteiger partial charge in [-0.1, -0.05) is 121 Å². The molecule has 4 nitrogen and oxygen atoms in total. The fourth-order valence-corrected chi connectivity index (χ4v) is 4.86. The number of hydrogen-bond acceptors (Lipinski definition) is 4. The van der Waals surface area contributed by atoms with Crippen molar-refractivity contribution in [2.45, 2.75) is 0 Å². The third kappa shape index (κ3) is 4.14. The largest absolute Gasteiger partial charge is 0.456 e. The van der Waals surface area contributed by atoms with E-state index in [1.807, 2.05) is 60.7 Å². The number of rotatable bonds is 4. The van der Waals surface area contributed by atoms with E-state index in [2.05, 4.69) is 0 Å². The molecular weight excluding hydrogens is 502 g/mol. The molecule has 8 rings (SSSR count). The molecule has 0 N–H and O–H groups in total. The summed E-state index contributed by atoms with van der Waals surface area (Å²) in [5, 5.41) is -0.168. The smallest absolute Gasteiger partial charge is 0.164 e. The Labute approximate surface area is 249 Å². The first-order valence-electron chi connectivity index (χ1n) is 17.4. The SMILES string of the molecule is [2H]c1c([2H])c(-c2ccc(-c3nc(-c4ccccc4)nc(-c4ccccc4)n3)cc2)c2c(oc3c([2H])c4c([2H])c([2H])c([2H])c([2H])c4c([2H])c32)c1[2H]. The highest BCUT2D eigenvalue weighted by atomic mass is 16.3. The van der Waals surface area contributed by atoms with Crippen molar-refractivity contribution in [1.82, 2.24) is 15.0 Å². The molecule has 4 heteroatoms. The number of aromatic nitrogens is 3. The standard InChI is InChI=1S/C37H23N3O/c1-3-10-25(11-4-1)35-38-36(26-12-5-2-6-13-26)40-37(39-35)27-20-18-24(19-21-27)30-16-9-17-32-34(30)31-22-28-14-7-8-15-29(28)23-33(31)41-32/h1-23H/i7D,8D,9D,14D,15D,16D,17D,22D,23D. The van der Waals surface area contributed by atoms with Crippen molar-refractivity contribution in [3.05, 3.63) is 139 Å². The summed E-state index contributed by atoms with van der Waals surface area (Å²) >= 11 is 0. The molecule has 0 amide bonds. The summed E-state index contributed by atoms with van der Waals surface area (Å²) in [4.78, 5) is 14.3. The molecule has 8 aromatic rings. The third-order valence-electron chi connectivity index (χ3n) is 6.83. The third-order valence-corrected chi connectivity index (χ3v) is 6.83. The number of furan rings is 1. The van der Waals surface area contributed by atoms with E-state index in [1.54, 1.807) is 24.3 Å². The normalized spacial score (nSPS) is 14.5. The minimum Gasteiger partial charge on any atom is -0.456 e. The molecule has 41 heavy (non-hydrogen) atoms. The van der Waals surface area contributed by atoms with Crippen LogP contribution in [0.25, 0.3) is 78.0 Å². The van der Waals surface area contributed by atoms with Crippen LogP contribution in [0.4, 0.5) is 0 Å². The summed E-state index contributed by atoms with van der Waals surface area (Å²) in [5.41, 5.74) is 2.63. The van der Waals surface area contributed by atoms with Crippen LogP contribution in [-0.4, -0.2) is 15.0 Å². The fourth-order valence-electron chi connectivity index (χ4n) is 4.86. The molecule has 0 bridgehead atoms. The Hall–Kier alpha value is -5.61. The highest BCUT2D eigenvalue weighted by Crippen LogP contribution is 2.38. The van der Waals surface area contributed by atoms with Gasteiger partial charge in [0.05, 0.1) is 12.3 Å². The number of fused-ring (bicyclic) bond motifs is 4. The maximum absolute atomic E-state index is 9.13. The molecule has 0 aliphatic carbocycles. The maximum atomic E-state index is 9.13. The molecule has 0 atom stereocenters. The molecule has 0 aliphatic heterocycles. The van der Waals surface area contributed by atoms with Crippen LogP contribution in [0.5, 0.6) is 0 Å². The molecule has 6 aromatic carbocycles. The van der Waals surface area contributed by atoms with Crippen molar-refractivity contribution in [2.75, 3.05) is 0 Å². The van der Waals surface area contributed by atoms with Gasteiger partial charge in [0.1, 0.15) is 11.2 Å². The molecule has 2 aromatic heterocycles. The first kappa shape index (κ1) is 15.8. The van der Waals surface area contributed by atoms with E-state index in [-0.39, 0.29) is 56.4 Å². The van der Waals surface area contributed by atoms with Crippen LogP contribution in [0.3, 0.4) is 0 Å². The number of nitrogens with zero attached hydrogens (tertiary/aromatic N) is 3. The second-order valence-corrected chi connectivity index (χ2v) is 9.38. The molecule has 0 saturated heterocycles. The van der Waals surface area contributed by atoms with Gasteiger partial charge in [0.2, 0.25) is 0 Å². The first-order valence-corrected chi connectivity index (χ1v) is 12.9. The predicted molar refractivity (Wildman–Crippen MR) is 166 cm³/mol. The highest BCUT2D eigenvalue weighted by molar-refractivity contribution is 6.15. The van der Waals surface area contributed by atoms with Crippen LogP contribution < -0.4 is 0 Å².